The second kappa shape index (κ2) is 7.25. The molecule has 1 saturated heterocycles. The van der Waals surface area contributed by atoms with E-state index in [9.17, 15) is 14.0 Å². The molecule has 5 nitrogen and oxygen atoms in total. The van der Waals surface area contributed by atoms with Crippen LogP contribution in [-0.2, 0) is 9.53 Å². The first-order chi connectivity index (χ1) is 12.2. The first-order valence-corrected chi connectivity index (χ1v) is 9.27. The summed E-state index contributed by atoms with van der Waals surface area (Å²) in [4.78, 5) is 26.3. The fourth-order valence-corrected chi connectivity index (χ4v) is 3.20. The number of hydrogen-bond donors (Lipinski definition) is 1. The van der Waals surface area contributed by atoms with E-state index in [0.717, 1.165) is 0 Å². The van der Waals surface area contributed by atoms with Crippen LogP contribution in [0.4, 0.5) is 14.9 Å². The average Bonchev–Trinajstić information content (AvgIpc) is 3.38. The molecule has 6 heteroatoms. The molecule has 142 valence electrons. The van der Waals surface area contributed by atoms with E-state index < -0.39 is 23.9 Å². The van der Waals surface area contributed by atoms with Gasteiger partial charge in [-0.2, -0.15) is 0 Å². The molecule has 1 N–H and O–H groups in total. The molecule has 2 fully saturated rings. The number of benzene rings is 1. The van der Waals surface area contributed by atoms with Crippen molar-refractivity contribution in [2.45, 2.75) is 70.2 Å². The third-order valence-corrected chi connectivity index (χ3v) is 4.68. The van der Waals surface area contributed by atoms with Gasteiger partial charge in [0.2, 0.25) is 5.91 Å². The highest BCUT2D eigenvalue weighted by molar-refractivity contribution is 5.96. The van der Waals surface area contributed by atoms with E-state index in [1.165, 1.54) is 23.3 Å². The highest BCUT2D eigenvalue weighted by atomic mass is 19.1. The molecular weight excluding hydrogens is 335 g/mol. The standard InChI is InChI=1S/C20H27FN2O3/c1-20(2,3)26-19(25)23-12-15(21)8-11-17(23)18(24)22-16-9-6-14(7-10-16)13-4-5-13/h6-7,9-10,13,15,17H,4-5,8,11-12H2,1-3H3,(H,22,24)/t15-,17-/m1/s1. The lowest BCUT2D eigenvalue weighted by atomic mass is 10.0. The van der Waals surface area contributed by atoms with Gasteiger partial charge in [0.25, 0.3) is 0 Å². The number of rotatable bonds is 3. The lowest BCUT2D eigenvalue weighted by molar-refractivity contribution is -0.123. The summed E-state index contributed by atoms with van der Waals surface area (Å²) in [5.41, 5.74) is 1.28. The van der Waals surface area contributed by atoms with E-state index in [1.54, 1.807) is 20.8 Å². The molecule has 0 aromatic heterocycles. The van der Waals surface area contributed by atoms with Gasteiger partial charge in [-0.3, -0.25) is 9.69 Å². The van der Waals surface area contributed by atoms with Crippen LogP contribution in [-0.4, -0.2) is 41.3 Å². The summed E-state index contributed by atoms with van der Waals surface area (Å²) in [6, 6.07) is 7.09. The number of carbonyl (C=O) groups is 2. The molecule has 0 unspecified atom stereocenters. The minimum Gasteiger partial charge on any atom is -0.444 e. The smallest absolute Gasteiger partial charge is 0.411 e. The fourth-order valence-electron chi connectivity index (χ4n) is 3.20. The van der Waals surface area contributed by atoms with Crippen LogP contribution >= 0.6 is 0 Å². The molecular formula is C20H27FN2O3. The van der Waals surface area contributed by atoms with Crippen molar-refractivity contribution in [2.75, 3.05) is 11.9 Å². The van der Waals surface area contributed by atoms with Crippen molar-refractivity contribution >= 4 is 17.7 Å². The molecule has 1 heterocycles. The summed E-state index contributed by atoms with van der Waals surface area (Å²) in [5, 5.41) is 2.85. The highest BCUT2D eigenvalue weighted by Gasteiger charge is 2.38. The van der Waals surface area contributed by atoms with Gasteiger partial charge in [-0.25, -0.2) is 9.18 Å². The topological polar surface area (TPSA) is 58.6 Å². The van der Waals surface area contributed by atoms with E-state index in [4.69, 9.17) is 4.74 Å². The molecule has 1 aliphatic carbocycles. The molecule has 1 aromatic rings. The van der Waals surface area contributed by atoms with Crippen LogP contribution in [0, 0.1) is 0 Å². The highest BCUT2D eigenvalue weighted by Crippen LogP contribution is 2.40. The van der Waals surface area contributed by atoms with Crippen LogP contribution in [0.3, 0.4) is 0 Å². The normalized spacial score (nSPS) is 23.5. The minimum atomic E-state index is -1.13. The van der Waals surface area contributed by atoms with E-state index in [2.05, 4.69) is 5.32 Å². The molecule has 1 aliphatic heterocycles. The van der Waals surface area contributed by atoms with E-state index in [-0.39, 0.29) is 25.3 Å². The maximum absolute atomic E-state index is 13.8. The van der Waals surface area contributed by atoms with Crippen molar-refractivity contribution in [1.29, 1.82) is 0 Å². The summed E-state index contributed by atoms with van der Waals surface area (Å²) in [5.74, 6) is 0.351. The van der Waals surface area contributed by atoms with Crippen LogP contribution in [0.25, 0.3) is 0 Å². The van der Waals surface area contributed by atoms with Crippen molar-refractivity contribution < 1.29 is 18.7 Å². The van der Waals surface area contributed by atoms with Crippen LogP contribution < -0.4 is 5.32 Å². The van der Waals surface area contributed by atoms with Crippen molar-refractivity contribution in [3.63, 3.8) is 0 Å². The quantitative estimate of drug-likeness (QED) is 0.875. The SMILES string of the molecule is CC(C)(C)OC(=O)N1C[C@H](F)CC[C@@H]1C(=O)Nc1ccc(C2CC2)cc1. The molecule has 2 aliphatic rings. The molecule has 2 atom stereocenters. The van der Waals surface area contributed by atoms with Gasteiger partial charge in [0.1, 0.15) is 17.8 Å². The maximum atomic E-state index is 13.8. The fraction of sp³-hybridized carbons (Fsp3) is 0.600. The van der Waals surface area contributed by atoms with Crippen LogP contribution in [0.2, 0.25) is 0 Å². The Morgan fingerprint density at radius 1 is 1.12 bits per heavy atom. The van der Waals surface area contributed by atoms with Crippen LogP contribution in [0.1, 0.15) is 57.9 Å². The van der Waals surface area contributed by atoms with Gasteiger partial charge in [-0.05, 0) is 70.1 Å². The first kappa shape index (κ1) is 18.7. The number of hydrogen-bond acceptors (Lipinski definition) is 3. The second-order valence-electron chi connectivity index (χ2n) is 8.21. The van der Waals surface area contributed by atoms with Gasteiger partial charge in [0.15, 0.2) is 0 Å². The lowest BCUT2D eigenvalue weighted by Crippen LogP contribution is -2.54. The van der Waals surface area contributed by atoms with Crippen molar-refractivity contribution in [2.24, 2.45) is 0 Å². The Kier molecular flexibility index (Phi) is 5.21. The zero-order valence-corrected chi connectivity index (χ0v) is 15.6. The van der Waals surface area contributed by atoms with Crippen molar-refractivity contribution in [3.05, 3.63) is 29.8 Å². The molecule has 3 rings (SSSR count). The lowest BCUT2D eigenvalue weighted by Gasteiger charge is -2.37. The number of ether oxygens (including phenoxy) is 1. The Bertz CT molecular complexity index is 665. The summed E-state index contributed by atoms with van der Waals surface area (Å²) < 4.78 is 19.2. The summed E-state index contributed by atoms with van der Waals surface area (Å²) in [7, 11) is 0. The number of alkyl halides is 1. The van der Waals surface area contributed by atoms with Gasteiger partial charge in [-0.15, -0.1) is 0 Å². The zero-order chi connectivity index (χ0) is 18.9. The Morgan fingerprint density at radius 2 is 1.77 bits per heavy atom. The average molecular weight is 362 g/mol. The number of likely N-dealkylation sites (tertiary alicyclic amines) is 1. The van der Waals surface area contributed by atoms with Gasteiger partial charge in [0.05, 0.1) is 6.54 Å². The Hall–Kier alpha value is -2.11. The minimum absolute atomic E-state index is 0.117. The number of piperidine rings is 1. The van der Waals surface area contributed by atoms with Crippen LogP contribution in [0.15, 0.2) is 24.3 Å². The zero-order valence-electron chi connectivity index (χ0n) is 15.6. The Labute approximate surface area is 153 Å². The third-order valence-electron chi connectivity index (χ3n) is 4.68. The predicted molar refractivity (Wildman–Crippen MR) is 97.9 cm³/mol. The van der Waals surface area contributed by atoms with Gasteiger partial charge < -0.3 is 10.1 Å². The van der Waals surface area contributed by atoms with Crippen LogP contribution in [0.5, 0.6) is 0 Å². The summed E-state index contributed by atoms with van der Waals surface area (Å²) in [6.07, 6.45) is 1.21. The first-order valence-electron chi connectivity index (χ1n) is 9.27. The van der Waals surface area contributed by atoms with Gasteiger partial charge in [0, 0.05) is 5.69 Å². The van der Waals surface area contributed by atoms with E-state index in [0.29, 0.717) is 11.6 Å². The number of halogens is 1. The predicted octanol–water partition coefficient (Wildman–Crippen LogP) is 4.24. The number of nitrogens with one attached hydrogen (secondary N) is 1. The summed E-state index contributed by atoms with van der Waals surface area (Å²) in [6.45, 7) is 5.13. The largest absolute Gasteiger partial charge is 0.444 e. The third kappa shape index (κ3) is 4.74. The van der Waals surface area contributed by atoms with E-state index >= 15 is 0 Å². The molecule has 0 spiro atoms. The van der Waals surface area contributed by atoms with Crippen molar-refractivity contribution in [3.8, 4) is 0 Å². The summed E-state index contributed by atoms with van der Waals surface area (Å²) >= 11 is 0. The second-order valence-corrected chi connectivity index (χ2v) is 8.21. The Balaban J connectivity index is 1.67. The van der Waals surface area contributed by atoms with Gasteiger partial charge >= 0.3 is 6.09 Å². The maximum Gasteiger partial charge on any atom is 0.411 e. The van der Waals surface area contributed by atoms with Gasteiger partial charge in [-0.1, -0.05) is 12.1 Å². The number of nitrogens with zero attached hydrogens (tertiary/aromatic N) is 1. The molecule has 2 amide bonds. The molecule has 0 bridgehead atoms. The molecule has 0 radical (unpaired) electrons. The van der Waals surface area contributed by atoms with Crippen molar-refractivity contribution in [1.82, 2.24) is 4.90 Å². The molecule has 1 aromatic carbocycles. The number of amides is 2. The van der Waals surface area contributed by atoms with E-state index in [1.807, 2.05) is 24.3 Å². The molecule has 1 saturated carbocycles. The molecule has 26 heavy (non-hydrogen) atoms. The monoisotopic (exact) mass is 362 g/mol. The number of carbonyl (C=O) groups excluding carboxylic acids is 2. The Morgan fingerprint density at radius 3 is 2.35 bits per heavy atom. The number of anilines is 1.